The number of thiazole rings is 1. The van der Waals surface area contributed by atoms with E-state index in [1.165, 1.54) is 11.3 Å². The van der Waals surface area contributed by atoms with Crippen molar-refractivity contribution < 1.29 is 14.6 Å². The van der Waals surface area contributed by atoms with Gasteiger partial charge < -0.3 is 14.6 Å². The van der Waals surface area contributed by atoms with Gasteiger partial charge in [-0.25, -0.2) is 4.98 Å². The number of hydrogen-bond donors (Lipinski definition) is 1. The molecule has 2 aromatic heterocycles. The van der Waals surface area contributed by atoms with E-state index >= 15 is 0 Å². The molecule has 1 aromatic carbocycles. The Labute approximate surface area is 168 Å². The quantitative estimate of drug-likeness (QED) is 0.706. The molecule has 0 spiro atoms. The van der Waals surface area contributed by atoms with Crippen LogP contribution in [0.15, 0.2) is 24.3 Å². The van der Waals surface area contributed by atoms with Gasteiger partial charge >= 0.3 is 0 Å². The lowest BCUT2D eigenvalue weighted by atomic mass is 10.0. The largest absolute Gasteiger partial charge is 0.497 e. The molecule has 8 heteroatoms. The fourth-order valence-electron chi connectivity index (χ4n) is 3.89. The fourth-order valence-corrected chi connectivity index (χ4v) is 5.02. The maximum absolute atomic E-state index is 11.0. The Morgan fingerprint density at radius 2 is 2.07 bits per heavy atom. The van der Waals surface area contributed by atoms with Crippen molar-refractivity contribution in [2.24, 2.45) is 0 Å². The number of nitrogens with zero attached hydrogens (tertiary/aromatic N) is 4. The van der Waals surface area contributed by atoms with Gasteiger partial charge in [-0.2, -0.15) is 4.52 Å². The number of rotatable bonds is 5. The Hall–Kier alpha value is -2.16. The SMILES string of the molecule is CCc1nc2sc(C(c3cccc(OC)c3)N3CC(C)OC(C)C3)c(O)n2n1. The number of aromatic hydroxyl groups is 1. The summed E-state index contributed by atoms with van der Waals surface area (Å²) >= 11 is 1.49. The molecule has 0 amide bonds. The van der Waals surface area contributed by atoms with Crippen molar-refractivity contribution in [3.05, 3.63) is 40.5 Å². The zero-order valence-electron chi connectivity index (χ0n) is 16.6. The molecule has 150 valence electrons. The molecule has 3 heterocycles. The average Bonchev–Trinajstić information content (AvgIpc) is 3.21. The van der Waals surface area contributed by atoms with E-state index in [9.17, 15) is 5.11 Å². The first-order chi connectivity index (χ1) is 13.5. The number of aryl methyl sites for hydroxylation is 1. The van der Waals surface area contributed by atoms with Crippen LogP contribution >= 0.6 is 11.3 Å². The van der Waals surface area contributed by atoms with Gasteiger partial charge in [-0.3, -0.25) is 4.90 Å². The molecule has 1 fully saturated rings. The molecule has 0 saturated carbocycles. The molecule has 3 atom stereocenters. The van der Waals surface area contributed by atoms with Gasteiger partial charge in [-0.1, -0.05) is 30.4 Å². The van der Waals surface area contributed by atoms with Gasteiger partial charge in [0.05, 0.1) is 30.2 Å². The van der Waals surface area contributed by atoms with Crippen molar-refractivity contribution in [3.63, 3.8) is 0 Å². The van der Waals surface area contributed by atoms with Crippen LogP contribution in [0.2, 0.25) is 0 Å². The molecule has 3 unspecified atom stereocenters. The number of benzene rings is 1. The Morgan fingerprint density at radius 3 is 2.71 bits per heavy atom. The minimum atomic E-state index is -0.123. The topological polar surface area (TPSA) is 72.1 Å². The van der Waals surface area contributed by atoms with E-state index in [1.54, 1.807) is 11.6 Å². The number of fused-ring (bicyclic) bond motifs is 1. The zero-order valence-corrected chi connectivity index (χ0v) is 17.4. The summed E-state index contributed by atoms with van der Waals surface area (Å²) in [4.78, 5) is 8.45. The van der Waals surface area contributed by atoms with Gasteiger partial charge in [-0.15, -0.1) is 5.10 Å². The van der Waals surface area contributed by atoms with Crippen LogP contribution in [0.4, 0.5) is 0 Å². The van der Waals surface area contributed by atoms with Gasteiger partial charge in [-0.05, 0) is 31.5 Å². The minimum absolute atomic E-state index is 0.118. The lowest BCUT2D eigenvalue weighted by Gasteiger charge is -2.40. The van der Waals surface area contributed by atoms with Crippen LogP contribution in [0, 0.1) is 0 Å². The molecule has 3 aromatic rings. The van der Waals surface area contributed by atoms with E-state index in [0.29, 0.717) is 4.96 Å². The van der Waals surface area contributed by atoms with E-state index in [-0.39, 0.29) is 24.1 Å². The van der Waals surface area contributed by atoms with E-state index in [0.717, 1.165) is 41.5 Å². The first-order valence-corrected chi connectivity index (χ1v) is 10.4. The van der Waals surface area contributed by atoms with Gasteiger partial charge in [0.15, 0.2) is 5.82 Å². The Bertz CT molecular complexity index is 960. The highest BCUT2D eigenvalue weighted by molar-refractivity contribution is 7.17. The molecule has 0 aliphatic carbocycles. The molecule has 1 N–H and O–H groups in total. The predicted octanol–water partition coefficient (Wildman–Crippen LogP) is 3.27. The highest BCUT2D eigenvalue weighted by atomic mass is 32.1. The number of methoxy groups -OCH3 is 1. The average molecular weight is 403 g/mol. The molecule has 1 saturated heterocycles. The molecule has 28 heavy (non-hydrogen) atoms. The molecule has 7 nitrogen and oxygen atoms in total. The minimum Gasteiger partial charge on any atom is -0.497 e. The second kappa shape index (κ2) is 7.69. The van der Waals surface area contributed by atoms with E-state index < -0.39 is 0 Å². The van der Waals surface area contributed by atoms with Crippen LogP contribution in [-0.4, -0.2) is 57.0 Å². The molecular formula is C20H26N4O3S. The third kappa shape index (κ3) is 3.47. The van der Waals surface area contributed by atoms with Gasteiger partial charge in [0.25, 0.3) is 0 Å². The highest BCUT2D eigenvalue weighted by Gasteiger charge is 2.34. The summed E-state index contributed by atoms with van der Waals surface area (Å²) in [5.74, 6) is 1.69. The summed E-state index contributed by atoms with van der Waals surface area (Å²) in [7, 11) is 1.67. The summed E-state index contributed by atoms with van der Waals surface area (Å²) in [6.45, 7) is 7.73. The third-order valence-corrected chi connectivity index (χ3v) is 6.10. The van der Waals surface area contributed by atoms with Crippen molar-refractivity contribution in [1.29, 1.82) is 0 Å². The van der Waals surface area contributed by atoms with Crippen LogP contribution in [0.5, 0.6) is 11.6 Å². The highest BCUT2D eigenvalue weighted by Crippen LogP contribution is 2.41. The lowest BCUT2D eigenvalue weighted by molar-refractivity contribution is -0.0764. The van der Waals surface area contributed by atoms with Crippen molar-refractivity contribution >= 4 is 16.3 Å². The van der Waals surface area contributed by atoms with Crippen molar-refractivity contribution in [2.45, 2.75) is 45.4 Å². The number of hydrogen-bond acceptors (Lipinski definition) is 7. The Kier molecular flexibility index (Phi) is 5.27. The van der Waals surface area contributed by atoms with Crippen LogP contribution in [0.3, 0.4) is 0 Å². The number of ether oxygens (including phenoxy) is 2. The van der Waals surface area contributed by atoms with Gasteiger partial charge in [0, 0.05) is 19.5 Å². The first-order valence-electron chi connectivity index (χ1n) is 9.60. The predicted molar refractivity (Wildman–Crippen MR) is 108 cm³/mol. The first kappa shape index (κ1) is 19.2. The van der Waals surface area contributed by atoms with E-state index in [4.69, 9.17) is 9.47 Å². The summed E-state index contributed by atoms with van der Waals surface area (Å²) in [6, 6.07) is 7.90. The second-order valence-corrected chi connectivity index (χ2v) is 8.27. The smallest absolute Gasteiger partial charge is 0.230 e. The summed E-state index contributed by atoms with van der Waals surface area (Å²) in [5, 5.41) is 15.4. The normalized spacial score (nSPS) is 21.9. The summed E-state index contributed by atoms with van der Waals surface area (Å²) in [6.07, 6.45) is 0.974. The van der Waals surface area contributed by atoms with Crippen LogP contribution in [0.25, 0.3) is 4.96 Å². The molecule has 0 radical (unpaired) electrons. The van der Waals surface area contributed by atoms with Crippen molar-refractivity contribution in [2.75, 3.05) is 20.2 Å². The number of morpholine rings is 1. The van der Waals surface area contributed by atoms with Crippen LogP contribution in [0.1, 0.15) is 43.1 Å². The summed E-state index contributed by atoms with van der Waals surface area (Å²) in [5.41, 5.74) is 1.07. The monoisotopic (exact) mass is 402 g/mol. The van der Waals surface area contributed by atoms with Crippen LogP contribution in [-0.2, 0) is 11.2 Å². The maximum atomic E-state index is 11.0. The van der Waals surface area contributed by atoms with E-state index in [1.807, 2.05) is 25.1 Å². The standard InChI is InChI=1S/C20H26N4O3S/c1-5-16-21-20-24(22-16)19(25)18(28-20)17(14-7-6-8-15(9-14)26-4)23-10-12(2)27-13(3)11-23/h6-9,12-13,17,25H,5,10-11H2,1-4H3. The molecular weight excluding hydrogens is 376 g/mol. The number of aromatic nitrogens is 3. The Balaban J connectivity index is 1.82. The molecule has 4 rings (SSSR count). The maximum Gasteiger partial charge on any atom is 0.230 e. The van der Waals surface area contributed by atoms with E-state index in [2.05, 4.69) is 34.9 Å². The van der Waals surface area contributed by atoms with Gasteiger partial charge in [0.1, 0.15) is 5.75 Å². The van der Waals surface area contributed by atoms with Crippen molar-refractivity contribution in [3.8, 4) is 11.6 Å². The van der Waals surface area contributed by atoms with Crippen molar-refractivity contribution in [1.82, 2.24) is 19.5 Å². The lowest BCUT2D eigenvalue weighted by Crippen LogP contribution is -2.47. The summed E-state index contributed by atoms with van der Waals surface area (Å²) < 4.78 is 12.9. The fraction of sp³-hybridized carbons (Fsp3) is 0.500. The van der Waals surface area contributed by atoms with Crippen LogP contribution < -0.4 is 4.74 Å². The molecule has 0 bridgehead atoms. The second-order valence-electron chi connectivity index (χ2n) is 7.26. The Morgan fingerprint density at radius 1 is 1.32 bits per heavy atom. The zero-order chi connectivity index (χ0) is 19.8. The third-order valence-electron chi connectivity index (χ3n) is 5.03. The molecule has 1 aliphatic heterocycles. The molecule has 1 aliphatic rings. The van der Waals surface area contributed by atoms with Gasteiger partial charge in [0.2, 0.25) is 10.8 Å².